The number of fused-ring (bicyclic) bond motifs is 1. The predicted octanol–water partition coefficient (Wildman–Crippen LogP) is 3.08. The van der Waals surface area contributed by atoms with Gasteiger partial charge in [0.15, 0.2) is 6.61 Å². The number of nitrogens with one attached hydrogen (secondary N) is 1. The van der Waals surface area contributed by atoms with Gasteiger partial charge in [-0.1, -0.05) is 35.3 Å². The second kappa shape index (κ2) is 7.76. The van der Waals surface area contributed by atoms with Gasteiger partial charge in [-0.2, -0.15) is 0 Å². The lowest BCUT2D eigenvalue weighted by Crippen LogP contribution is -2.45. The van der Waals surface area contributed by atoms with Crippen molar-refractivity contribution in [1.29, 1.82) is 0 Å². The number of hydrogen-bond donors (Lipinski definition) is 1. The van der Waals surface area contributed by atoms with E-state index in [0.29, 0.717) is 34.4 Å². The van der Waals surface area contributed by atoms with E-state index in [-0.39, 0.29) is 25.0 Å². The van der Waals surface area contributed by atoms with Crippen LogP contribution in [-0.4, -0.2) is 31.5 Å². The molecule has 7 heteroatoms. The lowest BCUT2D eigenvalue weighted by Gasteiger charge is -2.29. The fraction of sp³-hybridized carbons (Fsp3) is 0.222. The smallest absolute Gasteiger partial charge is 0.265 e. The van der Waals surface area contributed by atoms with Gasteiger partial charge in [0.2, 0.25) is 5.91 Å². The third-order valence-corrected chi connectivity index (χ3v) is 4.30. The molecule has 2 aromatic carbocycles. The lowest BCUT2D eigenvalue weighted by molar-refractivity contribution is -0.125. The molecule has 130 valence electrons. The normalized spacial score (nSPS) is 13.2. The molecule has 0 atom stereocenters. The summed E-state index contributed by atoms with van der Waals surface area (Å²) in [5.41, 5.74) is 1.58. The number of amides is 2. The minimum atomic E-state index is -0.275. The van der Waals surface area contributed by atoms with Crippen molar-refractivity contribution in [3.8, 4) is 5.75 Å². The van der Waals surface area contributed by atoms with Crippen LogP contribution in [0.4, 0.5) is 5.69 Å². The van der Waals surface area contributed by atoms with Crippen LogP contribution in [0.15, 0.2) is 42.5 Å². The number of carbonyl (C=O) groups is 2. The SMILES string of the molecule is O=C(CN1C(=O)COc2ccc(Cl)cc21)NCCc1ccc(Cl)cc1. The first-order chi connectivity index (χ1) is 12.0. The van der Waals surface area contributed by atoms with Gasteiger partial charge in [-0.25, -0.2) is 0 Å². The van der Waals surface area contributed by atoms with E-state index in [2.05, 4.69) is 5.32 Å². The number of benzene rings is 2. The van der Waals surface area contributed by atoms with E-state index in [1.807, 2.05) is 24.3 Å². The summed E-state index contributed by atoms with van der Waals surface area (Å²) < 4.78 is 5.36. The summed E-state index contributed by atoms with van der Waals surface area (Å²) in [6, 6.07) is 12.4. The fourth-order valence-electron chi connectivity index (χ4n) is 2.55. The number of rotatable bonds is 5. The highest BCUT2D eigenvalue weighted by molar-refractivity contribution is 6.31. The van der Waals surface area contributed by atoms with Crippen LogP contribution in [0.2, 0.25) is 10.0 Å². The van der Waals surface area contributed by atoms with E-state index >= 15 is 0 Å². The molecule has 0 aliphatic carbocycles. The van der Waals surface area contributed by atoms with Gasteiger partial charge in [-0.15, -0.1) is 0 Å². The average Bonchev–Trinajstić information content (AvgIpc) is 2.59. The van der Waals surface area contributed by atoms with E-state index in [4.69, 9.17) is 27.9 Å². The second-order valence-electron chi connectivity index (χ2n) is 5.61. The molecule has 5 nitrogen and oxygen atoms in total. The van der Waals surface area contributed by atoms with Crippen molar-refractivity contribution in [2.45, 2.75) is 6.42 Å². The summed E-state index contributed by atoms with van der Waals surface area (Å²) in [4.78, 5) is 25.7. The molecule has 0 radical (unpaired) electrons. The average molecular weight is 379 g/mol. The van der Waals surface area contributed by atoms with E-state index in [1.165, 1.54) is 4.90 Å². The molecule has 0 fully saturated rings. The number of hydrogen-bond acceptors (Lipinski definition) is 3. The Labute approximate surface area is 155 Å². The highest BCUT2D eigenvalue weighted by Crippen LogP contribution is 2.34. The van der Waals surface area contributed by atoms with Crippen molar-refractivity contribution in [3.05, 3.63) is 58.1 Å². The van der Waals surface area contributed by atoms with Gasteiger partial charge in [0, 0.05) is 16.6 Å². The van der Waals surface area contributed by atoms with Crippen molar-refractivity contribution in [2.75, 3.05) is 24.6 Å². The highest BCUT2D eigenvalue weighted by atomic mass is 35.5. The minimum Gasteiger partial charge on any atom is -0.482 e. The fourth-order valence-corrected chi connectivity index (χ4v) is 2.84. The largest absolute Gasteiger partial charge is 0.482 e. The monoisotopic (exact) mass is 378 g/mol. The molecule has 0 saturated carbocycles. The number of anilines is 1. The quantitative estimate of drug-likeness (QED) is 0.869. The van der Waals surface area contributed by atoms with Crippen LogP contribution in [0.1, 0.15) is 5.56 Å². The van der Waals surface area contributed by atoms with Crippen LogP contribution in [0.5, 0.6) is 5.75 Å². The summed E-state index contributed by atoms with van der Waals surface area (Å²) >= 11 is 11.8. The Balaban J connectivity index is 1.58. The summed E-state index contributed by atoms with van der Waals surface area (Å²) in [7, 11) is 0. The van der Waals surface area contributed by atoms with Crippen LogP contribution in [-0.2, 0) is 16.0 Å². The number of carbonyl (C=O) groups excluding carboxylic acids is 2. The first-order valence-corrected chi connectivity index (χ1v) is 8.52. The van der Waals surface area contributed by atoms with Crippen molar-refractivity contribution in [3.63, 3.8) is 0 Å². The maximum Gasteiger partial charge on any atom is 0.265 e. The zero-order chi connectivity index (χ0) is 17.8. The standard InChI is InChI=1S/C18H16Cl2N2O3/c19-13-3-1-12(2-4-13)7-8-21-17(23)10-22-15-9-14(20)5-6-16(15)25-11-18(22)24/h1-6,9H,7-8,10-11H2,(H,21,23). The Bertz CT molecular complexity index is 793. The van der Waals surface area contributed by atoms with Crippen molar-refractivity contribution in [2.24, 2.45) is 0 Å². The second-order valence-corrected chi connectivity index (χ2v) is 6.48. The zero-order valence-electron chi connectivity index (χ0n) is 13.3. The molecule has 0 aromatic heterocycles. The minimum absolute atomic E-state index is 0.0733. The van der Waals surface area contributed by atoms with Crippen LogP contribution in [0.25, 0.3) is 0 Å². The Morgan fingerprint density at radius 3 is 2.60 bits per heavy atom. The molecule has 0 bridgehead atoms. The molecule has 2 aromatic rings. The van der Waals surface area contributed by atoms with Crippen molar-refractivity contribution >= 4 is 40.7 Å². The predicted molar refractivity (Wildman–Crippen MR) is 97.5 cm³/mol. The zero-order valence-corrected chi connectivity index (χ0v) is 14.8. The van der Waals surface area contributed by atoms with E-state index in [9.17, 15) is 9.59 Å². The third-order valence-electron chi connectivity index (χ3n) is 3.81. The summed E-state index contributed by atoms with van der Waals surface area (Å²) in [5.74, 6) is 0.0238. The molecular weight excluding hydrogens is 363 g/mol. The topological polar surface area (TPSA) is 58.6 Å². The molecule has 0 unspecified atom stereocenters. The molecule has 1 N–H and O–H groups in total. The van der Waals surface area contributed by atoms with E-state index in [0.717, 1.165) is 5.56 Å². The molecule has 25 heavy (non-hydrogen) atoms. The van der Waals surface area contributed by atoms with Crippen molar-refractivity contribution < 1.29 is 14.3 Å². The molecule has 0 spiro atoms. The molecule has 1 heterocycles. The van der Waals surface area contributed by atoms with Gasteiger partial charge in [-0.05, 0) is 42.3 Å². The van der Waals surface area contributed by atoms with Gasteiger partial charge >= 0.3 is 0 Å². The van der Waals surface area contributed by atoms with E-state index < -0.39 is 0 Å². The first-order valence-electron chi connectivity index (χ1n) is 7.77. The molecule has 2 amide bonds. The molecule has 0 saturated heterocycles. The maximum absolute atomic E-state index is 12.2. The van der Waals surface area contributed by atoms with Gasteiger partial charge in [0.25, 0.3) is 5.91 Å². The highest BCUT2D eigenvalue weighted by Gasteiger charge is 2.27. The Morgan fingerprint density at radius 2 is 1.84 bits per heavy atom. The van der Waals surface area contributed by atoms with Crippen molar-refractivity contribution in [1.82, 2.24) is 5.32 Å². The number of nitrogens with zero attached hydrogens (tertiary/aromatic N) is 1. The molecule has 3 rings (SSSR count). The summed E-state index contributed by atoms with van der Waals surface area (Å²) in [5, 5.41) is 3.97. The van der Waals surface area contributed by atoms with Gasteiger partial charge < -0.3 is 10.1 Å². The Kier molecular flexibility index (Phi) is 5.46. The summed E-state index contributed by atoms with van der Waals surface area (Å²) in [6.45, 7) is 0.310. The number of ether oxygens (including phenoxy) is 1. The Hall–Kier alpha value is -2.24. The maximum atomic E-state index is 12.2. The van der Waals surface area contributed by atoms with E-state index in [1.54, 1.807) is 18.2 Å². The van der Waals surface area contributed by atoms with Crippen LogP contribution >= 0.6 is 23.2 Å². The lowest BCUT2D eigenvalue weighted by atomic mass is 10.1. The first kappa shape index (κ1) is 17.6. The van der Waals surface area contributed by atoms with Gasteiger partial charge in [0.1, 0.15) is 12.3 Å². The van der Waals surface area contributed by atoms with Gasteiger partial charge in [-0.3, -0.25) is 14.5 Å². The third kappa shape index (κ3) is 4.44. The van der Waals surface area contributed by atoms with Crippen LogP contribution < -0.4 is 15.0 Å². The summed E-state index contributed by atoms with van der Waals surface area (Å²) in [6.07, 6.45) is 0.683. The Morgan fingerprint density at radius 1 is 1.12 bits per heavy atom. The van der Waals surface area contributed by atoms with Crippen LogP contribution in [0.3, 0.4) is 0 Å². The molecular formula is C18H16Cl2N2O3. The number of halogens is 2. The molecule has 1 aliphatic rings. The molecule has 1 aliphatic heterocycles. The van der Waals surface area contributed by atoms with Gasteiger partial charge in [0.05, 0.1) is 5.69 Å². The van der Waals surface area contributed by atoms with Crippen LogP contribution in [0, 0.1) is 0 Å².